The van der Waals surface area contributed by atoms with Gasteiger partial charge in [0.25, 0.3) is 5.91 Å². The topological polar surface area (TPSA) is 104 Å². The van der Waals surface area contributed by atoms with E-state index in [0.29, 0.717) is 8.26 Å². The van der Waals surface area contributed by atoms with Crippen LogP contribution in [-0.2, 0) is 9.59 Å². The van der Waals surface area contributed by atoms with E-state index in [4.69, 9.17) is 10.2 Å². The molecule has 1 unspecified atom stereocenters. The molecular weight excluding hydrogens is 394 g/mol. The standard InChI is InChI=1S/C9H7Br2NO5S/c10-3-1-5(18-7(3)11)8(15)12-4(9(16)17)2-6(13)14/h1,4H,2H2,(H,12,15)(H,13,14)(H,16,17). The minimum absolute atomic E-state index is 0.283. The van der Waals surface area contributed by atoms with Crippen LogP contribution in [0.1, 0.15) is 16.1 Å². The smallest absolute Gasteiger partial charge is 0.326 e. The van der Waals surface area contributed by atoms with Crippen molar-refractivity contribution in [3.63, 3.8) is 0 Å². The molecule has 0 aliphatic rings. The Morgan fingerprint density at radius 1 is 1.33 bits per heavy atom. The van der Waals surface area contributed by atoms with Crippen LogP contribution in [0.25, 0.3) is 0 Å². The highest BCUT2D eigenvalue weighted by molar-refractivity contribution is 9.13. The Morgan fingerprint density at radius 2 is 1.94 bits per heavy atom. The number of carboxylic acid groups (broad SMARTS) is 2. The number of carbonyl (C=O) groups excluding carboxylic acids is 1. The summed E-state index contributed by atoms with van der Waals surface area (Å²) >= 11 is 7.51. The summed E-state index contributed by atoms with van der Waals surface area (Å²) < 4.78 is 1.36. The molecule has 6 nitrogen and oxygen atoms in total. The predicted octanol–water partition coefficient (Wildman–Crippen LogP) is 1.93. The fraction of sp³-hybridized carbons (Fsp3) is 0.222. The third-order valence-corrected chi connectivity index (χ3v) is 5.11. The van der Waals surface area contributed by atoms with E-state index in [1.165, 1.54) is 6.07 Å². The van der Waals surface area contributed by atoms with Gasteiger partial charge in [-0.05, 0) is 37.9 Å². The number of thiophene rings is 1. The Balaban J connectivity index is 2.78. The van der Waals surface area contributed by atoms with Crippen molar-refractivity contribution in [2.75, 3.05) is 0 Å². The Morgan fingerprint density at radius 3 is 2.33 bits per heavy atom. The molecule has 18 heavy (non-hydrogen) atoms. The summed E-state index contributed by atoms with van der Waals surface area (Å²) in [4.78, 5) is 33.2. The Bertz CT molecular complexity index is 482. The van der Waals surface area contributed by atoms with E-state index in [9.17, 15) is 14.4 Å². The summed E-state index contributed by atoms with van der Waals surface area (Å²) in [5.74, 6) is -3.31. The highest BCUT2D eigenvalue weighted by Gasteiger charge is 2.24. The largest absolute Gasteiger partial charge is 0.481 e. The molecule has 1 aromatic heterocycles. The normalized spacial score (nSPS) is 11.9. The number of carboxylic acids is 2. The lowest BCUT2D eigenvalue weighted by atomic mass is 10.2. The van der Waals surface area contributed by atoms with Crippen LogP contribution in [-0.4, -0.2) is 34.1 Å². The van der Waals surface area contributed by atoms with Gasteiger partial charge in [-0.3, -0.25) is 9.59 Å². The molecule has 1 heterocycles. The van der Waals surface area contributed by atoms with Crippen molar-refractivity contribution in [2.24, 2.45) is 0 Å². The van der Waals surface area contributed by atoms with Crippen molar-refractivity contribution >= 4 is 61.0 Å². The van der Waals surface area contributed by atoms with Gasteiger partial charge < -0.3 is 15.5 Å². The van der Waals surface area contributed by atoms with Crippen molar-refractivity contribution in [1.29, 1.82) is 0 Å². The van der Waals surface area contributed by atoms with Gasteiger partial charge in [0.15, 0.2) is 0 Å². The van der Waals surface area contributed by atoms with Gasteiger partial charge in [-0.25, -0.2) is 4.79 Å². The summed E-state index contributed by atoms with van der Waals surface area (Å²) in [6, 6.07) is 0.0682. The molecule has 9 heteroatoms. The average Bonchev–Trinajstić information content (AvgIpc) is 2.57. The van der Waals surface area contributed by atoms with Gasteiger partial charge in [0.05, 0.1) is 15.1 Å². The van der Waals surface area contributed by atoms with Crippen LogP contribution in [0.15, 0.2) is 14.3 Å². The molecular formula is C9H7Br2NO5S. The summed E-state index contributed by atoms with van der Waals surface area (Å²) in [7, 11) is 0. The lowest BCUT2D eigenvalue weighted by molar-refractivity contribution is -0.145. The molecule has 0 aromatic carbocycles. The van der Waals surface area contributed by atoms with Gasteiger partial charge >= 0.3 is 11.9 Å². The number of aliphatic carboxylic acids is 2. The maximum absolute atomic E-state index is 11.7. The third-order valence-electron chi connectivity index (χ3n) is 1.85. The Labute approximate surface area is 122 Å². The minimum Gasteiger partial charge on any atom is -0.481 e. The van der Waals surface area contributed by atoms with E-state index >= 15 is 0 Å². The van der Waals surface area contributed by atoms with Crippen molar-refractivity contribution in [3.05, 3.63) is 19.2 Å². The third kappa shape index (κ3) is 4.07. The van der Waals surface area contributed by atoms with Gasteiger partial charge in [0.1, 0.15) is 6.04 Å². The number of halogens is 2. The van der Waals surface area contributed by atoms with Crippen LogP contribution >= 0.6 is 43.2 Å². The second-order valence-corrected chi connectivity index (χ2v) is 6.42. The Hall–Kier alpha value is -0.930. The SMILES string of the molecule is O=C(O)CC(NC(=O)c1cc(Br)c(Br)s1)C(=O)O. The minimum atomic E-state index is -1.45. The maximum atomic E-state index is 11.7. The van der Waals surface area contributed by atoms with Crippen molar-refractivity contribution < 1.29 is 24.6 Å². The number of nitrogens with one attached hydrogen (secondary N) is 1. The fourth-order valence-electron chi connectivity index (χ4n) is 1.06. The first-order valence-electron chi connectivity index (χ1n) is 4.51. The number of rotatable bonds is 5. The zero-order valence-electron chi connectivity index (χ0n) is 8.65. The second kappa shape index (κ2) is 6.30. The van der Waals surface area contributed by atoms with Gasteiger partial charge in [0, 0.05) is 4.47 Å². The number of hydrogen-bond acceptors (Lipinski definition) is 4. The average molecular weight is 401 g/mol. The first-order valence-corrected chi connectivity index (χ1v) is 6.91. The van der Waals surface area contributed by atoms with Crippen LogP contribution in [0.4, 0.5) is 0 Å². The van der Waals surface area contributed by atoms with Gasteiger partial charge in [0.2, 0.25) is 0 Å². The molecule has 0 aliphatic carbocycles. The van der Waals surface area contributed by atoms with E-state index in [0.717, 1.165) is 11.3 Å². The van der Waals surface area contributed by atoms with Crippen LogP contribution < -0.4 is 5.32 Å². The Kier molecular flexibility index (Phi) is 5.29. The van der Waals surface area contributed by atoms with Crippen molar-refractivity contribution in [3.8, 4) is 0 Å². The molecule has 1 aromatic rings. The van der Waals surface area contributed by atoms with E-state index in [1.807, 2.05) is 0 Å². The first kappa shape index (κ1) is 15.1. The van der Waals surface area contributed by atoms with Crippen LogP contribution in [0.3, 0.4) is 0 Å². The summed E-state index contributed by atoms with van der Waals surface area (Å²) in [5.41, 5.74) is 0. The van der Waals surface area contributed by atoms with E-state index in [1.54, 1.807) is 0 Å². The molecule has 0 saturated carbocycles. The van der Waals surface area contributed by atoms with Gasteiger partial charge in [-0.15, -0.1) is 11.3 Å². The summed E-state index contributed by atoms with van der Waals surface area (Å²) in [6.07, 6.45) is -0.672. The van der Waals surface area contributed by atoms with Crippen LogP contribution in [0.2, 0.25) is 0 Å². The molecule has 0 saturated heterocycles. The van der Waals surface area contributed by atoms with Gasteiger partial charge in [-0.1, -0.05) is 0 Å². The van der Waals surface area contributed by atoms with Crippen LogP contribution in [0, 0.1) is 0 Å². The lowest BCUT2D eigenvalue weighted by Crippen LogP contribution is -2.41. The zero-order chi connectivity index (χ0) is 13.9. The number of hydrogen-bond donors (Lipinski definition) is 3. The quantitative estimate of drug-likeness (QED) is 0.700. The maximum Gasteiger partial charge on any atom is 0.326 e. The second-order valence-electron chi connectivity index (χ2n) is 3.19. The number of carbonyl (C=O) groups is 3. The molecule has 0 fully saturated rings. The molecule has 98 valence electrons. The van der Waals surface area contributed by atoms with E-state index in [-0.39, 0.29) is 4.88 Å². The number of amides is 1. The molecule has 0 spiro atoms. The molecule has 1 rings (SSSR count). The lowest BCUT2D eigenvalue weighted by Gasteiger charge is -2.11. The molecule has 0 aliphatic heterocycles. The van der Waals surface area contributed by atoms with Crippen molar-refractivity contribution in [2.45, 2.75) is 12.5 Å². The van der Waals surface area contributed by atoms with E-state index < -0.39 is 30.3 Å². The first-order chi connectivity index (χ1) is 8.31. The summed E-state index contributed by atoms with van der Waals surface area (Å²) in [6.45, 7) is 0. The highest BCUT2D eigenvalue weighted by atomic mass is 79.9. The monoisotopic (exact) mass is 399 g/mol. The fourth-order valence-corrected chi connectivity index (χ4v) is 3.00. The highest BCUT2D eigenvalue weighted by Crippen LogP contribution is 2.32. The molecule has 1 atom stereocenters. The molecule has 0 radical (unpaired) electrons. The summed E-state index contributed by atoms with van der Waals surface area (Å²) in [5, 5.41) is 19.5. The van der Waals surface area contributed by atoms with Crippen LogP contribution in [0.5, 0.6) is 0 Å². The molecule has 1 amide bonds. The van der Waals surface area contributed by atoms with E-state index in [2.05, 4.69) is 37.2 Å². The zero-order valence-corrected chi connectivity index (χ0v) is 12.6. The van der Waals surface area contributed by atoms with Gasteiger partial charge in [-0.2, -0.15) is 0 Å². The molecule has 0 bridgehead atoms. The van der Waals surface area contributed by atoms with Crippen molar-refractivity contribution in [1.82, 2.24) is 5.32 Å². The molecule has 3 N–H and O–H groups in total. The predicted molar refractivity (Wildman–Crippen MR) is 70.9 cm³/mol.